The fraction of sp³-hybridized carbons (Fsp3) is 0.100. The minimum absolute atomic E-state index is 0.103. The van der Waals surface area contributed by atoms with Crippen molar-refractivity contribution in [2.45, 2.75) is 18.2 Å². The molecule has 0 saturated carbocycles. The van der Waals surface area contributed by atoms with Crippen LogP contribution in [0, 0.1) is 0 Å². The zero-order valence-electron chi connectivity index (χ0n) is 14.5. The average molecular weight is 380 g/mol. The first-order chi connectivity index (χ1) is 13.0. The van der Waals surface area contributed by atoms with Gasteiger partial charge < -0.3 is 8.60 Å². The summed E-state index contributed by atoms with van der Waals surface area (Å²) < 4.78 is 35.9. The maximum atomic E-state index is 12.5. The van der Waals surface area contributed by atoms with Gasteiger partial charge in [-0.25, -0.2) is 4.98 Å². The number of aryl methyl sites for hydroxylation is 1. The number of rotatable bonds is 5. The van der Waals surface area contributed by atoms with E-state index >= 15 is 0 Å². The van der Waals surface area contributed by atoms with E-state index in [4.69, 9.17) is 8.60 Å². The van der Waals surface area contributed by atoms with Gasteiger partial charge in [-0.3, -0.25) is 4.98 Å². The van der Waals surface area contributed by atoms with E-state index in [-0.39, 0.29) is 10.6 Å². The Morgan fingerprint density at radius 3 is 2.56 bits per heavy atom. The first-order valence-corrected chi connectivity index (χ1v) is 9.81. The zero-order valence-corrected chi connectivity index (χ0v) is 15.3. The summed E-state index contributed by atoms with van der Waals surface area (Å²) in [4.78, 5) is 8.66. The summed E-state index contributed by atoms with van der Waals surface area (Å²) in [6.07, 6.45) is 2.48. The van der Waals surface area contributed by atoms with Gasteiger partial charge in [0.15, 0.2) is 5.58 Å². The van der Waals surface area contributed by atoms with Crippen LogP contribution in [0.1, 0.15) is 12.5 Å². The standard InChI is InChI=1S/C20H16N2O4S/c1-2-14-6-9-16(10-7-14)27(23,24)26-15-8-11-17-19(13-15)25-20(22-17)18-5-3-4-12-21-18/h3-13H,2H2,1H3. The smallest absolute Gasteiger partial charge is 0.339 e. The van der Waals surface area contributed by atoms with Crippen LogP contribution in [-0.2, 0) is 16.5 Å². The van der Waals surface area contributed by atoms with Crippen molar-refractivity contribution < 1.29 is 17.0 Å². The first kappa shape index (κ1) is 17.2. The number of hydrogen-bond acceptors (Lipinski definition) is 6. The normalized spacial score (nSPS) is 11.6. The lowest BCUT2D eigenvalue weighted by Crippen LogP contribution is -2.09. The van der Waals surface area contributed by atoms with Gasteiger partial charge in [0.25, 0.3) is 0 Å². The lowest BCUT2D eigenvalue weighted by Gasteiger charge is -2.07. The van der Waals surface area contributed by atoms with Crippen molar-refractivity contribution in [3.63, 3.8) is 0 Å². The highest BCUT2D eigenvalue weighted by atomic mass is 32.2. The van der Waals surface area contributed by atoms with Crippen molar-refractivity contribution in [1.29, 1.82) is 0 Å². The molecule has 6 nitrogen and oxygen atoms in total. The Labute approximate surface area is 156 Å². The van der Waals surface area contributed by atoms with Crippen LogP contribution >= 0.6 is 0 Å². The third kappa shape index (κ3) is 3.54. The number of pyridine rings is 1. The molecule has 0 spiro atoms. The highest BCUT2D eigenvalue weighted by Crippen LogP contribution is 2.27. The SMILES string of the molecule is CCc1ccc(S(=O)(=O)Oc2ccc3nc(-c4ccccn4)oc3c2)cc1. The molecular weight excluding hydrogens is 364 g/mol. The maximum absolute atomic E-state index is 12.5. The third-order valence-corrected chi connectivity index (χ3v) is 5.33. The average Bonchev–Trinajstić information content (AvgIpc) is 3.12. The Bertz CT molecular complexity index is 1180. The second-order valence-electron chi connectivity index (χ2n) is 5.90. The summed E-state index contributed by atoms with van der Waals surface area (Å²) in [7, 11) is -3.93. The van der Waals surface area contributed by atoms with Gasteiger partial charge in [0.2, 0.25) is 5.89 Å². The van der Waals surface area contributed by atoms with Gasteiger partial charge in [-0.2, -0.15) is 8.42 Å². The summed E-state index contributed by atoms with van der Waals surface area (Å²) in [5, 5.41) is 0. The second kappa shape index (κ2) is 6.85. The van der Waals surface area contributed by atoms with Gasteiger partial charge in [0.05, 0.1) is 0 Å². The zero-order chi connectivity index (χ0) is 18.9. The Kier molecular flexibility index (Phi) is 4.37. The molecule has 136 valence electrons. The molecule has 7 heteroatoms. The highest BCUT2D eigenvalue weighted by Gasteiger charge is 2.18. The molecule has 2 heterocycles. The lowest BCUT2D eigenvalue weighted by molar-refractivity contribution is 0.486. The molecule has 0 radical (unpaired) electrons. The fourth-order valence-electron chi connectivity index (χ4n) is 2.62. The number of hydrogen-bond donors (Lipinski definition) is 0. The quantitative estimate of drug-likeness (QED) is 0.482. The molecule has 0 amide bonds. The van der Waals surface area contributed by atoms with E-state index in [9.17, 15) is 8.42 Å². The van der Waals surface area contributed by atoms with Gasteiger partial charge in [0, 0.05) is 12.3 Å². The van der Waals surface area contributed by atoms with Crippen LogP contribution in [-0.4, -0.2) is 18.4 Å². The topological polar surface area (TPSA) is 82.3 Å². The van der Waals surface area contributed by atoms with Crippen molar-refractivity contribution in [3.8, 4) is 17.3 Å². The molecule has 0 aliphatic rings. The van der Waals surface area contributed by atoms with E-state index in [1.807, 2.05) is 13.0 Å². The van der Waals surface area contributed by atoms with Gasteiger partial charge in [-0.15, -0.1) is 0 Å². The van der Waals surface area contributed by atoms with Crippen LogP contribution in [0.3, 0.4) is 0 Å². The molecule has 0 fully saturated rings. The largest absolute Gasteiger partial charge is 0.435 e. The van der Waals surface area contributed by atoms with Crippen LogP contribution in [0.15, 0.2) is 76.2 Å². The number of aromatic nitrogens is 2. The predicted octanol–water partition coefficient (Wildman–Crippen LogP) is 4.22. The minimum atomic E-state index is -3.93. The summed E-state index contributed by atoms with van der Waals surface area (Å²) >= 11 is 0. The molecule has 0 aliphatic heterocycles. The maximum Gasteiger partial charge on any atom is 0.339 e. The molecule has 2 aromatic heterocycles. The van der Waals surface area contributed by atoms with Crippen molar-refractivity contribution >= 4 is 21.2 Å². The minimum Gasteiger partial charge on any atom is -0.435 e. The molecule has 0 atom stereocenters. The molecule has 4 rings (SSSR count). The van der Waals surface area contributed by atoms with Gasteiger partial charge in [-0.1, -0.05) is 25.1 Å². The van der Waals surface area contributed by atoms with Crippen molar-refractivity contribution in [2.24, 2.45) is 0 Å². The van der Waals surface area contributed by atoms with Gasteiger partial charge in [-0.05, 0) is 48.4 Å². The van der Waals surface area contributed by atoms with E-state index < -0.39 is 10.1 Å². The van der Waals surface area contributed by atoms with Crippen molar-refractivity contribution in [1.82, 2.24) is 9.97 Å². The molecule has 4 aromatic rings. The van der Waals surface area contributed by atoms with E-state index in [0.717, 1.165) is 12.0 Å². The molecule has 0 N–H and O–H groups in total. The summed E-state index contributed by atoms with van der Waals surface area (Å²) in [5.74, 6) is 0.520. The van der Waals surface area contributed by atoms with Crippen molar-refractivity contribution in [2.75, 3.05) is 0 Å². The van der Waals surface area contributed by atoms with E-state index in [0.29, 0.717) is 22.7 Å². The van der Waals surface area contributed by atoms with Crippen molar-refractivity contribution in [3.05, 3.63) is 72.4 Å². The Morgan fingerprint density at radius 2 is 1.85 bits per heavy atom. The molecule has 2 aromatic carbocycles. The molecule has 0 saturated heterocycles. The van der Waals surface area contributed by atoms with Crippen LogP contribution in [0.2, 0.25) is 0 Å². The third-order valence-electron chi connectivity index (χ3n) is 4.07. The Balaban J connectivity index is 1.63. The number of fused-ring (bicyclic) bond motifs is 1. The molecule has 0 aliphatic carbocycles. The molecule has 0 unspecified atom stereocenters. The molecule has 0 bridgehead atoms. The first-order valence-electron chi connectivity index (χ1n) is 8.40. The number of nitrogens with zero attached hydrogens (tertiary/aromatic N) is 2. The molecule has 27 heavy (non-hydrogen) atoms. The molecular formula is C20H16N2O4S. The van der Waals surface area contributed by atoms with Crippen LogP contribution in [0.5, 0.6) is 5.75 Å². The fourth-order valence-corrected chi connectivity index (χ4v) is 3.54. The van der Waals surface area contributed by atoms with E-state index in [1.54, 1.807) is 54.7 Å². The number of oxazole rings is 1. The Morgan fingerprint density at radius 1 is 1.04 bits per heavy atom. The second-order valence-corrected chi connectivity index (χ2v) is 7.44. The van der Waals surface area contributed by atoms with Gasteiger partial charge >= 0.3 is 10.1 Å². The highest BCUT2D eigenvalue weighted by molar-refractivity contribution is 7.87. The lowest BCUT2D eigenvalue weighted by atomic mass is 10.2. The van der Waals surface area contributed by atoms with E-state index in [1.165, 1.54) is 6.07 Å². The van der Waals surface area contributed by atoms with E-state index in [2.05, 4.69) is 9.97 Å². The summed E-state index contributed by atoms with van der Waals surface area (Å²) in [6, 6.07) is 16.8. The summed E-state index contributed by atoms with van der Waals surface area (Å²) in [5.41, 5.74) is 2.66. The summed E-state index contributed by atoms with van der Waals surface area (Å²) in [6.45, 7) is 2.01. The predicted molar refractivity (Wildman–Crippen MR) is 101 cm³/mol. The van der Waals surface area contributed by atoms with Crippen LogP contribution in [0.25, 0.3) is 22.7 Å². The van der Waals surface area contributed by atoms with Crippen LogP contribution in [0.4, 0.5) is 0 Å². The monoisotopic (exact) mass is 380 g/mol. The number of benzene rings is 2. The van der Waals surface area contributed by atoms with Gasteiger partial charge in [0.1, 0.15) is 21.9 Å². The Hall–Kier alpha value is -3.19. The van der Waals surface area contributed by atoms with Crippen LogP contribution < -0.4 is 4.18 Å².